The van der Waals surface area contributed by atoms with Gasteiger partial charge in [-0.3, -0.25) is 9.59 Å². The van der Waals surface area contributed by atoms with Crippen molar-refractivity contribution in [3.8, 4) is 0 Å². The van der Waals surface area contributed by atoms with Crippen LogP contribution < -0.4 is 0 Å². The minimum absolute atomic E-state index is 0.0438. The van der Waals surface area contributed by atoms with Gasteiger partial charge in [-0.1, -0.05) is 168 Å². The quantitative estimate of drug-likeness (QED) is 0.0615. The van der Waals surface area contributed by atoms with Crippen molar-refractivity contribution in [2.45, 2.75) is 206 Å². The number of esters is 2. The van der Waals surface area contributed by atoms with Crippen molar-refractivity contribution in [3.63, 3.8) is 0 Å². The Balaban J connectivity index is 3.63. The molecule has 0 heterocycles. The van der Waals surface area contributed by atoms with Crippen molar-refractivity contribution < 1.29 is 24.2 Å². The van der Waals surface area contributed by atoms with E-state index < -0.39 is 6.10 Å². The molecule has 0 radical (unpaired) electrons. The molecule has 1 N–H and O–H groups in total. The average molecular weight is 583 g/mol. The van der Waals surface area contributed by atoms with E-state index >= 15 is 0 Å². The lowest BCUT2D eigenvalue weighted by atomic mass is 10.0. The minimum Gasteiger partial charge on any atom is -0.462 e. The Hall–Kier alpha value is -1.10. The van der Waals surface area contributed by atoms with E-state index in [0.29, 0.717) is 19.3 Å². The predicted octanol–water partition coefficient (Wildman–Crippen LogP) is 10.8. The first-order chi connectivity index (χ1) is 20.1. The maximum absolute atomic E-state index is 12.2. The van der Waals surface area contributed by atoms with E-state index in [9.17, 15) is 14.7 Å². The van der Waals surface area contributed by atoms with Gasteiger partial charge in [-0.2, -0.15) is 0 Å². The first-order valence-electron chi connectivity index (χ1n) is 18.1. The zero-order chi connectivity index (χ0) is 30.1. The Morgan fingerprint density at radius 3 is 1.15 bits per heavy atom. The van der Waals surface area contributed by atoms with Crippen molar-refractivity contribution in [2.75, 3.05) is 13.2 Å². The van der Waals surface area contributed by atoms with Crippen LogP contribution in [0, 0.1) is 0 Å². The lowest BCUT2D eigenvalue weighted by Crippen LogP contribution is -2.26. The van der Waals surface area contributed by atoms with Crippen LogP contribution in [0.2, 0.25) is 0 Å². The van der Waals surface area contributed by atoms with E-state index in [4.69, 9.17) is 9.47 Å². The standard InChI is InChI=1S/C36H70O5/c1-3-5-7-9-11-13-15-17-19-21-23-25-27-29-35(38)40-33-34(31-32-37)41-36(39)30-28-26-24-22-20-18-16-14-12-10-8-6-4-2/h34,37H,3-33H2,1-2H3. The van der Waals surface area contributed by atoms with Gasteiger partial charge in [-0.15, -0.1) is 0 Å². The molecule has 0 rings (SSSR count). The van der Waals surface area contributed by atoms with Crippen molar-refractivity contribution >= 4 is 11.9 Å². The summed E-state index contributed by atoms with van der Waals surface area (Å²) in [7, 11) is 0. The molecule has 0 aromatic carbocycles. The summed E-state index contributed by atoms with van der Waals surface area (Å²) in [4.78, 5) is 24.4. The number of aliphatic hydroxyl groups excluding tert-OH is 1. The van der Waals surface area contributed by atoms with E-state index in [0.717, 1.165) is 25.7 Å². The zero-order valence-corrected chi connectivity index (χ0v) is 27.6. The maximum Gasteiger partial charge on any atom is 0.306 e. The van der Waals surface area contributed by atoms with Crippen LogP contribution in [0.3, 0.4) is 0 Å². The summed E-state index contributed by atoms with van der Waals surface area (Å²) in [5.74, 6) is -0.484. The maximum atomic E-state index is 12.2. The first kappa shape index (κ1) is 39.9. The molecule has 244 valence electrons. The molecule has 5 heteroatoms. The Kier molecular flexibility index (Phi) is 32.5. The molecule has 0 spiro atoms. The van der Waals surface area contributed by atoms with E-state index in [1.165, 1.54) is 141 Å². The van der Waals surface area contributed by atoms with E-state index in [2.05, 4.69) is 13.8 Å². The van der Waals surface area contributed by atoms with Crippen molar-refractivity contribution in [1.82, 2.24) is 0 Å². The van der Waals surface area contributed by atoms with Gasteiger partial charge < -0.3 is 14.6 Å². The number of hydrogen-bond donors (Lipinski definition) is 1. The van der Waals surface area contributed by atoms with Gasteiger partial charge in [-0.05, 0) is 12.8 Å². The van der Waals surface area contributed by atoms with Gasteiger partial charge in [-0.25, -0.2) is 0 Å². The van der Waals surface area contributed by atoms with Crippen LogP contribution in [0.5, 0.6) is 0 Å². The Bertz CT molecular complexity index is 550. The second-order valence-corrected chi connectivity index (χ2v) is 12.3. The van der Waals surface area contributed by atoms with Crippen LogP contribution in [0.25, 0.3) is 0 Å². The Labute approximate surface area is 255 Å². The summed E-state index contributed by atoms with van der Waals surface area (Å²) in [5, 5.41) is 9.32. The molecule has 41 heavy (non-hydrogen) atoms. The molecule has 1 unspecified atom stereocenters. The number of hydrogen-bond acceptors (Lipinski definition) is 5. The van der Waals surface area contributed by atoms with Gasteiger partial charge in [0.2, 0.25) is 0 Å². The molecule has 0 fully saturated rings. The largest absolute Gasteiger partial charge is 0.462 e. The van der Waals surface area contributed by atoms with E-state index in [-0.39, 0.29) is 25.2 Å². The number of carbonyl (C=O) groups is 2. The summed E-state index contributed by atoms with van der Waals surface area (Å²) in [6.07, 6.45) is 33.6. The van der Waals surface area contributed by atoms with Crippen LogP contribution in [0.1, 0.15) is 200 Å². The van der Waals surface area contributed by atoms with Crippen molar-refractivity contribution in [3.05, 3.63) is 0 Å². The molecule has 0 aliphatic heterocycles. The van der Waals surface area contributed by atoms with Crippen LogP contribution in [0.4, 0.5) is 0 Å². The highest BCUT2D eigenvalue weighted by molar-refractivity contribution is 5.70. The van der Waals surface area contributed by atoms with E-state index in [1.54, 1.807) is 0 Å². The molecule has 1 atom stereocenters. The molecule has 0 bridgehead atoms. The third-order valence-electron chi connectivity index (χ3n) is 8.15. The molecular formula is C36H70O5. The number of unbranched alkanes of at least 4 members (excludes halogenated alkanes) is 24. The SMILES string of the molecule is CCCCCCCCCCCCCCCC(=O)OCC(CCO)OC(=O)CCCCCCCCCCCCCCC. The number of carbonyl (C=O) groups excluding carboxylic acids is 2. The van der Waals surface area contributed by atoms with Gasteiger partial charge in [0.05, 0.1) is 0 Å². The molecule has 0 aromatic rings. The highest BCUT2D eigenvalue weighted by Gasteiger charge is 2.16. The van der Waals surface area contributed by atoms with Gasteiger partial charge in [0, 0.05) is 25.9 Å². The summed E-state index contributed by atoms with van der Waals surface area (Å²) >= 11 is 0. The summed E-state index contributed by atoms with van der Waals surface area (Å²) in [5.41, 5.74) is 0. The molecule has 0 saturated carbocycles. The molecule has 0 aromatic heterocycles. The fourth-order valence-electron chi connectivity index (χ4n) is 5.40. The predicted molar refractivity (Wildman–Crippen MR) is 173 cm³/mol. The van der Waals surface area contributed by atoms with Crippen LogP contribution in [-0.2, 0) is 19.1 Å². The molecule has 0 aliphatic carbocycles. The zero-order valence-electron chi connectivity index (χ0n) is 27.6. The monoisotopic (exact) mass is 583 g/mol. The number of ether oxygens (including phenoxy) is 2. The molecule has 0 amide bonds. The first-order valence-corrected chi connectivity index (χ1v) is 18.1. The third-order valence-corrected chi connectivity index (χ3v) is 8.15. The van der Waals surface area contributed by atoms with Crippen LogP contribution >= 0.6 is 0 Å². The molecule has 0 saturated heterocycles. The second-order valence-electron chi connectivity index (χ2n) is 12.3. The fourth-order valence-corrected chi connectivity index (χ4v) is 5.40. The van der Waals surface area contributed by atoms with Crippen LogP contribution in [0.15, 0.2) is 0 Å². The summed E-state index contributed by atoms with van der Waals surface area (Å²) in [6, 6.07) is 0. The van der Waals surface area contributed by atoms with Crippen molar-refractivity contribution in [2.24, 2.45) is 0 Å². The van der Waals surface area contributed by atoms with E-state index in [1.807, 2.05) is 0 Å². The summed E-state index contributed by atoms with van der Waals surface area (Å²) < 4.78 is 10.9. The van der Waals surface area contributed by atoms with Crippen molar-refractivity contribution in [1.29, 1.82) is 0 Å². The molecule has 0 aliphatic rings. The van der Waals surface area contributed by atoms with Gasteiger partial charge in [0.1, 0.15) is 12.7 Å². The second kappa shape index (κ2) is 33.4. The number of aliphatic hydroxyl groups is 1. The normalized spacial score (nSPS) is 12.0. The highest BCUT2D eigenvalue weighted by atomic mass is 16.6. The highest BCUT2D eigenvalue weighted by Crippen LogP contribution is 2.15. The molecular weight excluding hydrogens is 512 g/mol. The number of rotatable bonds is 33. The Morgan fingerprint density at radius 1 is 0.488 bits per heavy atom. The van der Waals surface area contributed by atoms with Crippen LogP contribution in [-0.4, -0.2) is 36.4 Å². The van der Waals surface area contributed by atoms with Gasteiger partial charge in [0.25, 0.3) is 0 Å². The Morgan fingerprint density at radius 2 is 0.805 bits per heavy atom. The third kappa shape index (κ3) is 31.7. The fraction of sp³-hybridized carbons (Fsp3) is 0.944. The topological polar surface area (TPSA) is 72.8 Å². The van der Waals surface area contributed by atoms with Gasteiger partial charge in [0.15, 0.2) is 0 Å². The molecule has 5 nitrogen and oxygen atoms in total. The van der Waals surface area contributed by atoms with Gasteiger partial charge >= 0.3 is 11.9 Å². The lowest BCUT2D eigenvalue weighted by molar-refractivity contribution is -0.160. The average Bonchev–Trinajstić information content (AvgIpc) is 2.96. The summed E-state index contributed by atoms with van der Waals surface area (Å²) in [6.45, 7) is 4.48. The lowest BCUT2D eigenvalue weighted by Gasteiger charge is -2.17. The smallest absolute Gasteiger partial charge is 0.306 e. The minimum atomic E-state index is -0.551.